The van der Waals surface area contributed by atoms with Gasteiger partial charge in [0, 0.05) is 17.0 Å². The van der Waals surface area contributed by atoms with Gasteiger partial charge in [-0.2, -0.15) is 5.26 Å². The van der Waals surface area contributed by atoms with E-state index >= 15 is 0 Å². The van der Waals surface area contributed by atoms with Gasteiger partial charge in [0.25, 0.3) is 5.91 Å². The predicted octanol–water partition coefficient (Wildman–Crippen LogP) is 2.86. The zero-order valence-corrected chi connectivity index (χ0v) is 17.5. The maximum atomic E-state index is 13.2. The van der Waals surface area contributed by atoms with Crippen molar-refractivity contribution in [3.05, 3.63) is 93.2 Å². The van der Waals surface area contributed by atoms with Gasteiger partial charge >= 0.3 is 0 Å². The second-order valence-electron chi connectivity index (χ2n) is 7.51. The molecule has 1 unspecified atom stereocenters. The Bertz CT molecular complexity index is 1170. The molecule has 1 saturated heterocycles. The molecule has 3 N–H and O–H groups in total. The lowest BCUT2D eigenvalue weighted by molar-refractivity contribution is -0.133. The van der Waals surface area contributed by atoms with Crippen LogP contribution in [0.4, 0.5) is 0 Å². The maximum Gasteiger partial charge on any atom is 0.258 e. The Morgan fingerprint density at radius 3 is 2.55 bits per heavy atom. The molecule has 1 aliphatic rings. The second kappa shape index (κ2) is 8.34. The third kappa shape index (κ3) is 3.72. The van der Waals surface area contributed by atoms with Gasteiger partial charge in [-0.15, -0.1) is 11.3 Å². The molecule has 4 rings (SSSR count). The van der Waals surface area contributed by atoms with Crippen LogP contribution in [0.2, 0.25) is 0 Å². The topological polar surface area (TPSA) is 107 Å². The molecule has 0 saturated carbocycles. The molecule has 2 atom stereocenters. The van der Waals surface area contributed by atoms with Crippen LogP contribution in [0.1, 0.15) is 38.8 Å². The van der Waals surface area contributed by atoms with Crippen LogP contribution < -0.4 is 5.73 Å². The number of nitrogens with zero attached hydrogens (tertiary/aromatic N) is 2. The fraction of sp³-hybridized carbons (Fsp3) is 0.208. The molecule has 0 bridgehead atoms. The summed E-state index contributed by atoms with van der Waals surface area (Å²) in [7, 11) is 0. The van der Waals surface area contributed by atoms with Gasteiger partial charge in [-0.1, -0.05) is 54.6 Å². The van der Waals surface area contributed by atoms with Crippen molar-refractivity contribution in [2.24, 2.45) is 5.73 Å². The molecule has 1 aliphatic heterocycles. The first-order valence-electron chi connectivity index (χ1n) is 9.90. The lowest BCUT2D eigenvalue weighted by Gasteiger charge is -2.29. The molecule has 2 amide bonds. The Balaban J connectivity index is 1.68. The van der Waals surface area contributed by atoms with E-state index in [1.807, 2.05) is 6.07 Å². The number of hydrogen-bond donors (Lipinski definition) is 2. The number of nitrogens with two attached hydrogens (primary N) is 1. The van der Waals surface area contributed by atoms with Crippen LogP contribution in [0.15, 0.2) is 66.7 Å². The van der Waals surface area contributed by atoms with Gasteiger partial charge in [0.1, 0.15) is 10.9 Å². The first kappa shape index (κ1) is 20.8. The molecular formula is C24H21N3O3S. The number of rotatable bonds is 6. The molecule has 156 valence electrons. The van der Waals surface area contributed by atoms with E-state index in [1.165, 1.54) is 11.3 Å². The number of aliphatic hydroxyl groups is 1. The van der Waals surface area contributed by atoms with Crippen LogP contribution in [-0.2, 0) is 21.7 Å². The van der Waals surface area contributed by atoms with Gasteiger partial charge in [-0.25, -0.2) is 0 Å². The normalized spacial score (nSPS) is 17.9. The monoisotopic (exact) mass is 431 g/mol. The molecule has 7 heteroatoms. The average molecular weight is 432 g/mol. The summed E-state index contributed by atoms with van der Waals surface area (Å²) in [5.41, 5.74) is 4.92. The minimum absolute atomic E-state index is 0.0701. The lowest BCUT2D eigenvalue weighted by atomic mass is 9.79. The molecular weight excluding hydrogens is 410 g/mol. The number of likely N-dealkylation sites (tertiary alicyclic amines) is 1. The van der Waals surface area contributed by atoms with E-state index in [1.54, 1.807) is 65.6 Å². The van der Waals surface area contributed by atoms with Crippen molar-refractivity contribution >= 4 is 23.2 Å². The van der Waals surface area contributed by atoms with Crippen LogP contribution in [0, 0.1) is 11.3 Å². The minimum atomic E-state index is -2.04. The number of primary amides is 1. The highest BCUT2D eigenvalue weighted by atomic mass is 32.1. The molecule has 1 fully saturated rings. The van der Waals surface area contributed by atoms with Crippen LogP contribution in [0.5, 0.6) is 0 Å². The molecule has 0 aliphatic carbocycles. The number of carbonyl (C=O) groups is 2. The van der Waals surface area contributed by atoms with Crippen LogP contribution in [0.25, 0.3) is 0 Å². The van der Waals surface area contributed by atoms with Crippen molar-refractivity contribution in [1.82, 2.24) is 4.90 Å². The van der Waals surface area contributed by atoms with E-state index in [2.05, 4.69) is 6.07 Å². The highest BCUT2D eigenvalue weighted by Crippen LogP contribution is 2.39. The van der Waals surface area contributed by atoms with Crippen molar-refractivity contribution in [3.8, 4) is 6.07 Å². The summed E-state index contributed by atoms with van der Waals surface area (Å²) in [6, 6.07) is 21.2. The fourth-order valence-electron chi connectivity index (χ4n) is 4.14. The Hall–Kier alpha value is -3.47. The van der Waals surface area contributed by atoms with E-state index in [4.69, 9.17) is 11.0 Å². The Labute approximate surface area is 184 Å². The molecule has 2 heterocycles. The molecule has 0 radical (unpaired) electrons. The predicted molar refractivity (Wildman–Crippen MR) is 117 cm³/mol. The van der Waals surface area contributed by atoms with Gasteiger partial charge in [0.15, 0.2) is 5.60 Å². The number of hydrogen-bond acceptors (Lipinski definition) is 5. The summed E-state index contributed by atoms with van der Waals surface area (Å²) >= 11 is 1.37. The zero-order valence-electron chi connectivity index (χ0n) is 16.7. The number of benzene rings is 2. The smallest absolute Gasteiger partial charge is 0.258 e. The van der Waals surface area contributed by atoms with Crippen molar-refractivity contribution in [3.63, 3.8) is 0 Å². The van der Waals surface area contributed by atoms with Crippen molar-refractivity contribution in [2.75, 3.05) is 6.54 Å². The molecule has 1 aromatic heterocycles. The van der Waals surface area contributed by atoms with Crippen molar-refractivity contribution < 1.29 is 14.7 Å². The van der Waals surface area contributed by atoms with Gasteiger partial charge in [0.05, 0.1) is 12.5 Å². The highest BCUT2D eigenvalue weighted by molar-refractivity contribution is 7.12. The Morgan fingerprint density at radius 2 is 1.87 bits per heavy atom. The van der Waals surface area contributed by atoms with Crippen LogP contribution in [-0.4, -0.2) is 28.4 Å². The number of amides is 2. The standard InChI is InChI=1S/C24H21N3O3S/c25-14-17-10-11-18(31-17)15-27-13-12-20(22(27)28)19-8-4-5-9-21(19)24(30,23(26)29)16-6-2-1-3-7-16/h1-11,20,30H,12-13,15H2,(H2,26,29)/t20-,24?/m0/s1. The first-order chi connectivity index (χ1) is 14.9. The van der Waals surface area contributed by atoms with Crippen LogP contribution in [0.3, 0.4) is 0 Å². The number of nitriles is 1. The van der Waals surface area contributed by atoms with E-state index in [9.17, 15) is 14.7 Å². The molecule has 6 nitrogen and oxygen atoms in total. The average Bonchev–Trinajstić information content (AvgIpc) is 3.40. The van der Waals surface area contributed by atoms with Crippen molar-refractivity contribution in [2.45, 2.75) is 24.5 Å². The lowest BCUT2D eigenvalue weighted by Crippen LogP contribution is -2.43. The third-order valence-corrected chi connectivity index (χ3v) is 6.66. The van der Waals surface area contributed by atoms with E-state index in [-0.39, 0.29) is 5.91 Å². The van der Waals surface area contributed by atoms with Crippen LogP contribution >= 0.6 is 11.3 Å². The summed E-state index contributed by atoms with van der Waals surface area (Å²) in [5.74, 6) is -1.45. The van der Waals surface area contributed by atoms with E-state index in [0.717, 1.165) is 4.88 Å². The highest BCUT2D eigenvalue weighted by Gasteiger charge is 2.43. The van der Waals surface area contributed by atoms with Gasteiger partial charge in [-0.05, 0) is 29.7 Å². The molecule has 0 spiro atoms. The summed E-state index contributed by atoms with van der Waals surface area (Å²) < 4.78 is 0. The Morgan fingerprint density at radius 1 is 1.16 bits per heavy atom. The molecule has 3 aromatic rings. The van der Waals surface area contributed by atoms with E-state index in [0.29, 0.717) is 41.1 Å². The third-order valence-electron chi connectivity index (χ3n) is 5.69. The summed E-state index contributed by atoms with van der Waals surface area (Å²) in [6.45, 7) is 0.987. The van der Waals surface area contributed by atoms with Gasteiger partial charge in [0.2, 0.25) is 5.91 Å². The SMILES string of the molecule is N#Cc1ccc(CN2CC[C@@H](c3ccccc3C(O)(C(N)=O)c3ccccc3)C2=O)s1. The first-order valence-corrected chi connectivity index (χ1v) is 10.7. The largest absolute Gasteiger partial charge is 0.372 e. The summed E-state index contributed by atoms with van der Waals surface area (Å²) in [5, 5.41) is 20.5. The second-order valence-corrected chi connectivity index (χ2v) is 8.68. The number of thiophene rings is 1. The fourth-order valence-corrected chi connectivity index (χ4v) is 4.96. The zero-order chi connectivity index (χ0) is 22.0. The van der Waals surface area contributed by atoms with E-state index < -0.39 is 17.4 Å². The van der Waals surface area contributed by atoms with Gasteiger partial charge in [-0.3, -0.25) is 9.59 Å². The Kier molecular flexibility index (Phi) is 5.59. The summed E-state index contributed by atoms with van der Waals surface area (Å²) in [4.78, 5) is 29.0. The summed E-state index contributed by atoms with van der Waals surface area (Å²) in [6.07, 6.45) is 0.565. The minimum Gasteiger partial charge on any atom is -0.372 e. The van der Waals surface area contributed by atoms with Gasteiger partial charge < -0.3 is 15.7 Å². The quantitative estimate of drug-likeness (QED) is 0.626. The number of carbonyl (C=O) groups excluding carboxylic acids is 2. The molecule has 2 aromatic carbocycles. The van der Waals surface area contributed by atoms with Crippen molar-refractivity contribution in [1.29, 1.82) is 5.26 Å². The molecule has 31 heavy (non-hydrogen) atoms. The maximum absolute atomic E-state index is 13.2.